The zero-order chi connectivity index (χ0) is 11.6. The molecule has 0 amide bonds. The molecule has 0 saturated heterocycles. The maximum Gasteiger partial charge on any atom is 0.573 e. The van der Waals surface area contributed by atoms with Crippen molar-refractivity contribution in [2.24, 2.45) is 0 Å². The van der Waals surface area contributed by atoms with Gasteiger partial charge in [-0.1, -0.05) is 0 Å². The van der Waals surface area contributed by atoms with E-state index in [1.54, 1.807) is 6.07 Å². The van der Waals surface area contributed by atoms with Crippen LogP contribution >= 0.6 is 15.9 Å². The molecule has 0 atom stereocenters. The van der Waals surface area contributed by atoms with Gasteiger partial charge in [-0.3, -0.25) is 0 Å². The first kappa shape index (κ1) is 11.7. The molecular weight excluding hydrogens is 277 g/mol. The molecule has 7 heteroatoms. The fraction of sp³-hybridized carbons (Fsp3) is 0.125. The molecule has 0 aromatic heterocycles. The lowest BCUT2D eigenvalue weighted by atomic mass is 10.2. The Kier molecular flexibility index (Phi) is 3.09. The smallest absolute Gasteiger partial charge is 0.406 e. The van der Waals surface area contributed by atoms with Crippen LogP contribution in [-0.2, 0) is 0 Å². The minimum Gasteiger partial charge on any atom is -0.406 e. The Morgan fingerprint density at radius 3 is 2.47 bits per heavy atom. The number of nitrogen functional groups attached to an aromatic ring is 1. The molecule has 0 heterocycles. The van der Waals surface area contributed by atoms with Crippen molar-refractivity contribution in [1.82, 2.24) is 0 Å². The highest BCUT2D eigenvalue weighted by atomic mass is 79.9. The number of nitrogens with zero attached hydrogens (tertiary/aromatic N) is 1. The van der Waals surface area contributed by atoms with Gasteiger partial charge in [0.25, 0.3) is 0 Å². The van der Waals surface area contributed by atoms with Crippen molar-refractivity contribution in [3.63, 3.8) is 0 Å². The fourth-order valence-electron chi connectivity index (χ4n) is 0.893. The summed E-state index contributed by atoms with van der Waals surface area (Å²) in [6.07, 6.45) is -4.80. The molecule has 0 bridgehead atoms. The van der Waals surface area contributed by atoms with E-state index in [2.05, 4.69) is 20.7 Å². The Bertz CT molecular complexity index is 425. The molecule has 0 fully saturated rings. The van der Waals surface area contributed by atoms with E-state index in [1.807, 2.05) is 0 Å². The second-order valence-electron chi connectivity index (χ2n) is 2.53. The van der Waals surface area contributed by atoms with E-state index in [0.717, 1.165) is 12.1 Å². The van der Waals surface area contributed by atoms with E-state index >= 15 is 0 Å². The summed E-state index contributed by atoms with van der Waals surface area (Å²) in [4.78, 5) is 0. The number of nitrogens with two attached hydrogens (primary N) is 1. The molecule has 1 aromatic rings. The van der Waals surface area contributed by atoms with Crippen molar-refractivity contribution in [1.29, 1.82) is 5.26 Å². The van der Waals surface area contributed by atoms with Gasteiger partial charge < -0.3 is 10.5 Å². The molecule has 15 heavy (non-hydrogen) atoms. The molecule has 80 valence electrons. The minimum absolute atomic E-state index is 0.00769. The summed E-state index contributed by atoms with van der Waals surface area (Å²) in [6, 6.07) is 3.62. The Morgan fingerprint density at radius 2 is 2.00 bits per heavy atom. The van der Waals surface area contributed by atoms with Gasteiger partial charge in [-0.15, -0.1) is 13.2 Å². The second-order valence-corrected chi connectivity index (χ2v) is 3.33. The van der Waals surface area contributed by atoms with Crippen LogP contribution in [-0.4, -0.2) is 6.36 Å². The Morgan fingerprint density at radius 1 is 1.40 bits per heavy atom. The number of halogens is 4. The van der Waals surface area contributed by atoms with Crippen LogP contribution < -0.4 is 10.5 Å². The lowest BCUT2D eigenvalue weighted by Crippen LogP contribution is -2.17. The highest BCUT2D eigenvalue weighted by Gasteiger charge is 2.31. The number of benzene rings is 1. The van der Waals surface area contributed by atoms with Crippen LogP contribution in [0.4, 0.5) is 18.9 Å². The number of ether oxygens (including phenoxy) is 1. The van der Waals surface area contributed by atoms with Crippen molar-refractivity contribution < 1.29 is 17.9 Å². The van der Waals surface area contributed by atoms with Crippen molar-refractivity contribution >= 4 is 21.6 Å². The summed E-state index contributed by atoms with van der Waals surface area (Å²) in [7, 11) is 0. The Balaban J connectivity index is 3.13. The first-order chi connectivity index (χ1) is 6.83. The predicted octanol–water partition coefficient (Wildman–Crippen LogP) is 2.80. The molecule has 0 aliphatic rings. The summed E-state index contributed by atoms with van der Waals surface area (Å²) in [5.41, 5.74) is 5.36. The Hall–Kier alpha value is -1.42. The number of alkyl halides is 3. The lowest BCUT2D eigenvalue weighted by molar-refractivity contribution is -0.274. The topological polar surface area (TPSA) is 59.0 Å². The van der Waals surface area contributed by atoms with E-state index in [9.17, 15) is 13.2 Å². The van der Waals surface area contributed by atoms with E-state index in [0.29, 0.717) is 0 Å². The van der Waals surface area contributed by atoms with Crippen molar-refractivity contribution in [3.05, 3.63) is 22.2 Å². The van der Waals surface area contributed by atoms with Crippen molar-refractivity contribution in [2.75, 3.05) is 5.73 Å². The number of hydrogen-bond donors (Lipinski definition) is 1. The van der Waals surface area contributed by atoms with Gasteiger partial charge in [-0.25, -0.2) is 0 Å². The van der Waals surface area contributed by atoms with E-state index in [-0.39, 0.29) is 15.7 Å². The van der Waals surface area contributed by atoms with Gasteiger partial charge in [0, 0.05) is 6.07 Å². The quantitative estimate of drug-likeness (QED) is 0.805. The molecule has 0 saturated carbocycles. The van der Waals surface area contributed by atoms with Crippen LogP contribution in [0, 0.1) is 11.3 Å². The van der Waals surface area contributed by atoms with Crippen LogP contribution in [0.15, 0.2) is 16.6 Å². The third kappa shape index (κ3) is 3.02. The standard InChI is InChI=1S/C8H4BrF3N2O/c9-7-4(3-13)1-5(2-6(7)14)15-8(10,11)12/h1-2H,14H2. The second kappa shape index (κ2) is 3.98. The highest BCUT2D eigenvalue weighted by Crippen LogP contribution is 2.31. The van der Waals surface area contributed by atoms with Gasteiger partial charge in [0.1, 0.15) is 11.8 Å². The number of rotatable bonds is 1. The molecular formula is C8H4BrF3N2O. The Labute approximate surface area is 91.4 Å². The normalized spacial score (nSPS) is 10.9. The molecule has 3 nitrogen and oxygen atoms in total. The zero-order valence-corrected chi connectivity index (χ0v) is 8.69. The largest absolute Gasteiger partial charge is 0.573 e. The third-order valence-electron chi connectivity index (χ3n) is 1.43. The van der Waals surface area contributed by atoms with Crippen LogP contribution in [0.25, 0.3) is 0 Å². The highest BCUT2D eigenvalue weighted by molar-refractivity contribution is 9.10. The molecule has 1 aromatic carbocycles. The first-order valence-electron chi connectivity index (χ1n) is 3.58. The van der Waals surface area contributed by atoms with Crippen molar-refractivity contribution in [2.45, 2.75) is 6.36 Å². The van der Waals surface area contributed by atoms with E-state index < -0.39 is 12.1 Å². The van der Waals surface area contributed by atoms with Crippen LogP contribution in [0.5, 0.6) is 5.75 Å². The summed E-state index contributed by atoms with van der Waals surface area (Å²) >= 11 is 2.97. The van der Waals surface area contributed by atoms with Gasteiger partial charge in [0.2, 0.25) is 0 Å². The van der Waals surface area contributed by atoms with Gasteiger partial charge >= 0.3 is 6.36 Å². The summed E-state index contributed by atoms with van der Waals surface area (Å²) in [5.74, 6) is -0.514. The fourth-order valence-corrected chi connectivity index (χ4v) is 1.21. The van der Waals surface area contributed by atoms with Crippen LogP contribution in [0.2, 0.25) is 0 Å². The molecule has 0 aliphatic heterocycles. The lowest BCUT2D eigenvalue weighted by Gasteiger charge is -2.10. The summed E-state index contributed by atoms with van der Waals surface area (Å²) in [5, 5.41) is 8.59. The maximum absolute atomic E-state index is 11.9. The van der Waals surface area contributed by atoms with Gasteiger partial charge in [0.05, 0.1) is 15.7 Å². The summed E-state index contributed by atoms with van der Waals surface area (Å²) < 4.78 is 39.4. The maximum atomic E-state index is 11.9. The number of nitriles is 1. The minimum atomic E-state index is -4.80. The average molecular weight is 281 g/mol. The monoisotopic (exact) mass is 280 g/mol. The summed E-state index contributed by atoms with van der Waals surface area (Å²) in [6.45, 7) is 0. The SMILES string of the molecule is N#Cc1cc(OC(F)(F)F)cc(N)c1Br. The first-order valence-corrected chi connectivity index (χ1v) is 4.37. The number of anilines is 1. The molecule has 0 unspecified atom stereocenters. The zero-order valence-electron chi connectivity index (χ0n) is 7.10. The molecule has 2 N–H and O–H groups in total. The molecule has 1 rings (SSSR count). The van der Waals surface area contributed by atoms with Gasteiger partial charge in [0.15, 0.2) is 0 Å². The molecule has 0 spiro atoms. The number of hydrogen-bond acceptors (Lipinski definition) is 3. The molecule has 0 aliphatic carbocycles. The van der Waals surface area contributed by atoms with Crippen LogP contribution in [0.1, 0.15) is 5.56 Å². The van der Waals surface area contributed by atoms with Gasteiger partial charge in [-0.05, 0) is 22.0 Å². The van der Waals surface area contributed by atoms with Crippen molar-refractivity contribution in [3.8, 4) is 11.8 Å². The van der Waals surface area contributed by atoms with Crippen LogP contribution in [0.3, 0.4) is 0 Å². The van der Waals surface area contributed by atoms with E-state index in [1.165, 1.54) is 0 Å². The van der Waals surface area contributed by atoms with Gasteiger partial charge in [-0.2, -0.15) is 5.26 Å². The third-order valence-corrected chi connectivity index (χ3v) is 2.31. The molecule has 0 radical (unpaired) electrons. The van der Waals surface area contributed by atoms with E-state index in [4.69, 9.17) is 11.0 Å². The predicted molar refractivity (Wildman–Crippen MR) is 50.0 cm³/mol. The average Bonchev–Trinajstić information content (AvgIpc) is 2.08.